The zero-order valence-electron chi connectivity index (χ0n) is 11.3. The molecule has 21 heavy (non-hydrogen) atoms. The summed E-state index contributed by atoms with van der Waals surface area (Å²) in [6.45, 7) is 0. The molecule has 1 unspecified atom stereocenters. The van der Waals surface area contributed by atoms with Gasteiger partial charge in [0.05, 0.1) is 13.2 Å². The third-order valence-electron chi connectivity index (χ3n) is 3.60. The number of rotatable bonds is 2. The van der Waals surface area contributed by atoms with Gasteiger partial charge in [0, 0.05) is 33.7 Å². The molecule has 1 N–H and O–H groups in total. The second-order valence-electron chi connectivity index (χ2n) is 4.93. The highest BCUT2D eigenvalue weighted by atomic mass is 35.5. The van der Waals surface area contributed by atoms with E-state index in [1.165, 1.54) is 0 Å². The molecule has 2 aromatic carbocycles. The number of methoxy groups -OCH3 is 1. The van der Waals surface area contributed by atoms with Crippen molar-refractivity contribution in [2.24, 2.45) is 0 Å². The molecule has 0 radical (unpaired) electrons. The van der Waals surface area contributed by atoms with Gasteiger partial charge in [0.25, 0.3) is 0 Å². The van der Waals surface area contributed by atoms with Crippen molar-refractivity contribution < 1.29 is 14.6 Å². The molecule has 2 atom stereocenters. The van der Waals surface area contributed by atoms with Gasteiger partial charge in [-0.3, -0.25) is 0 Å². The van der Waals surface area contributed by atoms with E-state index in [0.717, 1.165) is 11.1 Å². The molecular weight excluding hydrogens is 311 g/mol. The Hall–Kier alpha value is -1.42. The van der Waals surface area contributed by atoms with Crippen molar-refractivity contribution in [3.8, 4) is 11.5 Å². The molecule has 3 nitrogen and oxygen atoms in total. The van der Waals surface area contributed by atoms with E-state index in [9.17, 15) is 5.11 Å². The van der Waals surface area contributed by atoms with Gasteiger partial charge in [-0.15, -0.1) is 0 Å². The molecule has 0 saturated heterocycles. The first kappa shape index (κ1) is 14.5. The summed E-state index contributed by atoms with van der Waals surface area (Å²) in [4.78, 5) is 0. The molecule has 0 aliphatic carbocycles. The lowest BCUT2D eigenvalue weighted by Crippen LogP contribution is -2.19. The largest absolute Gasteiger partial charge is 0.497 e. The molecule has 1 aliphatic heterocycles. The average Bonchev–Trinajstić information content (AvgIpc) is 2.46. The molecule has 110 valence electrons. The van der Waals surface area contributed by atoms with Gasteiger partial charge in [-0.05, 0) is 24.3 Å². The minimum atomic E-state index is -0.601. The van der Waals surface area contributed by atoms with E-state index in [0.29, 0.717) is 28.0 Å². The minimum Gasteiger partial charge on any atom is -0.497 e. The lowest BCUT2D eigenvalue weighted by molar-refractivity contribution is 0.0655. The molecular formula is C16H14Cl2O3. The fraction of sp³-hybridized carbons (Fsp3) is 0.250. The molecule has 0 spiro atoms. The van der Waals surface area contributed by atoms with E-state index in [1.54, 1.807) is 31.4 Å². The Morgan fingerprint density at radius 3 is 2.62 bits per heavy atom. The van der Waals surface area contributed by atoms with Crippen LogP contribution in [0.1, 0.15) is 29.8 Å². The fourth-order valence-corrected chi connectivity index (χ4v) is 3.03. The number of aliphatic hydroxyl groups is 1. The van der Waals surface area contributed by atoms with Crippen LogP contribution in [0, 0.1) is 0 Å². The van der Waals surface area contributed by atoms with Crippen molar-refractivity contribution in [2.75, 3.05) is 7.11 Å². The van der Waals surface area contributed by atoms with Crippen molar-refractivity contribution in [3.63, 3.8) is 0 Å². The number of benzene rings is 2. The van der Waals surface area contributed by atoms with Crippen LogP contribution in [0.4, 0.5) is 0 Å². The first-order chi connectivity index (χ1) is 10.1. The maximum atomic E-state index is 10.3. The van der Waals surface area contributed by atoms with Gasteiger partial charge in [-0.2, -0.15) is 0 Å². The smallest absolute Gasteiger partial charge is 0.129 e. The van der Waals surface area contributed by atoms with Crippen molar-refractivity contribution >= 4 is 23.2 Å². The minimum absolute atomic E-state index is 0.315. The van der Waals surface area contributed by atoms with Gasteiger partial charge in [0.2, 0.25) is 0 Å². The van der Waals surface area contributed by atoms with Crippen molar-refractivity contribution in [1.29, 1.82) is 0 Å². The molecule has 5 heteroatoms. The lowest BCUT2D eigenvalue weighted by Gasteiger charge is -2.30. The normalized spacial score (nSPS) is 20.6. The maximum Gasteiger partial charge on any atom is 0.129 e. The van der Waals surface area contributed by atoms with Crippen LogP contribution in [0.2, 0.25) is 10.0 Å². The SMILES string of the molecule is COc1ccc2c(c1)OC(c1ccc(Cl)cc1Cl)C[C@H]2O. The second-order valence-corrected chi connectivity index (χ2v) is 5.77. The van der Waals surface area contributed by atoms with Crippen LogP contribution in [0.15, 0.2) is 36.4 Å². The zero-order valence-corrected chi connectivity index (χ0v) is 12.9. The first-order valence-corrected chi connectivity index (χ1v) is 7.31. The Kier molecular flexibility index (Phi) is 3.98. The Balaban J connectivity index is 1.96. The van der Waals surface area contributed by atoms with Crippen molar-refractivity contribution in [3.05, 3.63) is 57.6 Å². The molecule has 1 heterocycles. The third kappa shape index (κ3) is 2.82. The van der Waals surface area contributed by atoms with Crippen molar-refractivity contribution in [1.82, 2.24) is 0 Å². The molecule has 1 aliphatic rings. The number of ether oxygens (including phenoxy) is 2. The van der Waals surface area contributed by atoms with E-state index in [2.05, 4.69) is 0 Å². The quantitative estimate of drug-likeness (QED) is 0.880. The zero-order chi connectivity index (χ0) is 15.0. The summed E-state index contributed by atoms with van der Waals surface area (Å²) in [6, 6.07) is 10.7. The summed E-state index contributed by atoms with van der Waals surface area (Å²) in [6.07, 6.45) is -0.471. The Bertz CT molecular complexity index is 673. The van der Waals surface area contributed by atoms with Crippen LogP contribution in [0.3, 0.4) is 0 Å². The summed E-state index contributed by atoms with van der Waals surface area (Å²) < 4.78 is 11.2. The summed E-state index contributed by atoms with van der Waals surface area (Å²) in [5.41, 5.74) is 1.57. The second kappa shape index (κ2) is 5.76. The van der Waals surface area contributed by atoms with Crippen LogP contribution in [-0.4, -0.2) is 12.2 Å². The highest BCUT2D eigenvalue weighted by Crippen LogP contribution is 2.43. The summed E-state index contributed by atoms with van der Waals surface area (Å²) in [5.74, 6) is 1.30. The number of halogens is 2. The lowest BCUT2D eigenvalue weighted by atomic mass is 9.95. The van der Waals surface area contributed by atoms with Gasteiger partial charge in [-0.1, -0.05) is 29.3 Å². The monoisotopic (exact) mass is 324 g/mol. The van der Waals surface area contributed by atoms with Crippen molar-refractivity contribution in [2.45, 2.75) is 18.6 Å². The maximum absolute atomic E-state index is 10.3. The highest BCUT2D eigenvalue weighted by molar-refractivity contribution is 6.35. The van der Waals surface area contributed by atoms with E-state index >= 15 is 0 Å². The van der Waals surface area contributed by atoms with Gasteiger partial charge in [0.15, 0.2) is 0 Å². The predicted octanol–water partition coefficient (Wildman–Crippen LogP) is 4.56. The van der Waals surface area contributed by atoms with E-state index in [-0.39, 0.29) is 6.10 Å². The topological polar surface area (TPSA) is 38.7 Å². The average molecular weight is 325 g/mol. The highest BCUT2D eigenvalue weighted by Gasteiger charge is 2.29. The number of fused-ring (bicyclic) bond motifs is 1. The van der Waals surface area contributed by atoms with Gasteiger partial charge >= 0.3 is 0 Å². The standard InChI is InChI=1S/C16H14Cl2O3/c1-20-10-3-5-12-14(19)8-16(21-15(12)7-10)11-4-2-9(17)6-13(11)18/h2-7,14,16,19H,8H2,1H3/t14-,16?/m1/s1. The van der Waals surface area contributed by atoms with Crippen LogP contribution in [0.5, 0.6) is 11.5 Å². The number of hydrogen-bond donors (Lipinski definition) is 1. The van der Waals surface area contributed by atoms with Crippen LogP contribution in [0.25, 0.3) is 0 Å². The molecule has 0 saturated carbocycles. The molecule has 0 amide bonds. The molecule has 2 aromatic rings. The van der Waals surface area contributed by atoms with E-state index in [1.807, 2.05) is 12.1 Å². The predicted molar refractivity (Wildman–Crippen MR) is 82.4 cm³/mol. The van der Waals surface area contributed by atoms with E-state index < -0.39 is 6.10 Å². The van der Waals surface area contributed by atoms with Crippen LogP contribution in [-0.2, 0) is 0 Å². The molecule has 3 rings (SSSR count). The summed E-state index contributed by atoms with van der Waals surface area (Å²) in [7, 11) is 1.59. The number of aliphatic hydroxyl groups excluding tert-OH is 1. The molecule has 0 bridgehead atoms. The summed E-state index contributed by atoms with van der Waals surface area (Å²) >= 11 is 12.1. The van der Waals surface area contributed by atoms with E-state index in [4.69, 9.17) is 32.7 Å². The Morgan fingerprint density at radius 1 is 1.14 bits per heavy atom. The molecule has 0 fully saturated rings. The van der Waals surface area contributed by atoms with Gasteiger partial charge < -0.3 is 14.6 Å². The fourth-order valence-electron chi connectivity index (χ4n) is 2.50. The Morgan fingerprint density at radius 2 is 1.90 bits per heavy atom. The molecule has 0 aromatic heterocycles. The summed E-state index contributed by atoms with van der Waals surface area (Å²) in [5, 5.41) is 11.4. The number of hydrogen-bond acceptors (Lipinski definition) is 3. The van der Waals surface area contributed by atoms with Gasteiger partial charge in [-0.25, -0.2) is 0 Å². The Labute approximate surface area is 133 Å². The van der Waals surface area contributed by atoms with Crippen LogP contribution < -0.4 is 9.47 Å². The first-order valence-electron chi connectivity index (χ1n) is 6.56. The van der Waals surface area contributed by atoms with Gasteiger partial charge in [0.1, 0.15) is 17.6 Å². The third-order valence-corrected chi connectivity index (χ3v) is 4.16. The van der Waals surface area contributed by atoms with Crippen LogP contribution >= 0.6 is 23.2 Å².